The topological polar surface area (TPSA) is 231 Å². The zero-order valence-electron chi connectivity index (χ0n) is 20.7. The highest BCUT2D eigenvalue weighted by atomic mass is 16.4. The number of nitrogens with zero attached hydrogens (tertiary/aromatic N) is 3. The molecule has 2 amide bonds. The fraction of sp³-hybridized carbons (Fsp3) is 0.375. The first-order valence-electron chi connectivity index (χ1n) is 12.1. The molecule has 0 fully saturated rings. The van der Waals surface area contributed by atoms with Gasteiger partial charge in [-0.2, -0.15) is 4.98 Å². The number of H-pyrrole nitrogens is 1. The highest BCUT2D eigenvalue weighted by molar-refractivity contribution is 5.94. The SMILES string of the molecule is NCCCCC(NC(=O)CCCNC(=O)c1ccc(NCc2cnc3nc(N)[nH]c(=O)c3n2)cc1)C(=O)O. The Hall–Kier alpha value is -4.59. The fourth-order valence-electron chi connectivity index (χ4n) is 3.56. The Morgan fingerprint density at radius 3 is 2.55 bits per heavy atom. The number of aromatic nitrogens is 4. The van der Waals surface area contributed by atoms with Crippen LogP contribution in [0.15, 0.2) is 35.3 Å². The van der Waals surface area contributed by atoms with Crippen LogP contribution in [0.5, 0.6) is 0 Å². The van der Waals surface area contributed by atoms with Crippen LogP contribution >= 0.6 is 0 Å². The van der Waals surface area contributed by atoms with Crippen LogP contribution in [-0.2, 0) is 16.1 Å². The van der Waals surface area contributed by atoms with E-state index in [-0.39, 0.29) is 48.4 Å². The summed E-state index contributed by atoms with van der Waals surface area (Å²) in [6.45, 7) is 1.02. The lowest BCUT2D eigenvalue weighted by Crippen LogP contribution is -2.41. The van der Waals surface area contributed by atoms with Crippen molar-refractivity contribution in [2.45, 2.75) is 44.7 Å². The maximum absolute atomic E-state index is 12.4. The average Bonchev–Trinajstić information content (AvgIpc) is 2.89. The molecule has 14 nitrogen and oxygen atoms in total. The Morgan fingerprint density at radius 2 is 1.84 bits per heavy atom. The number of rotatable bonds is 14. The second-order valence-corrected chi connectivity index (χ2v) is 8.52. The average molecular weight is 526 g/mol. The van der Waals surface area contributed by atoms with Gasteiger partial charge in [-0.25, -0.2) is 14.8 Å². The third-order valence-electron chi connectivity index (χ3n) is 5.55. The summed E-state index contributed by atoms with van der Waals surface area (Å²) < 4.78 is 0. The number of carbonyl (C=O) groups excluding carboxylic acids is 2. The lowest BCUT2D eigenvalue weighted by molar-refractivity contribution is -0.142. The third-order valence-corrected chi connectivity index (χ3v) is 5.55. The molecule has 38 heavy (non-hydrogen) atoms. The lowest BCUT2D eigenvalue weighted by Gasteiger charge is -2.14. The van der Waals surface area contributed by atoms with Crippen molar-refractivity contribution in [2.75, 3.05) is 24.1 Å². The summed E-state index contributed by atoms with van der Waals surface area (Å²) >= 11 is 0. The standard InChI is InChI=1S/C24H31N9O5/c25-10-2-1-4-17(23(37)38)31-18(34)5-3-11-27-21(35)14-6-8-15(9-7-14)28-12-16-13-29-20-19(30-16)22(36)33-24(26)32-20/h6-9,13,17,28H,1-5,10-12,25H2,(H,27,35)(H,31,34)(H,37,38)(H3,26,29,32,33,36). The summed E-state index contributed by atoms with van der Waals surface area (Å²) in [5.41, 5.74) is 12.4. The van der Waals surface area contributed by atoms with Gasteiger partial charge >= 0.3 is 5.97 Å². The number of amides is 2. The number of carboxylic acid groups (broad SMARTS) is 1. The Balaban J connectivity index is 1.41. The van der Waals surface area contributed by atoms with Crippen LogP contribution in [0, 0.1) is 0 Å². The highest BCUT2D eigenvalue weighted by Gasteiger charge is 2.19. The summed E-state index contributed by atoms with van der Waals surface area (Å²) in [6, 6.07) is 5.80. The minimum atomic E-state index is -1.08. The number of nitrogens with two attached hydrogens (primary N) is 2. The molecule has 9 N–H and O–H groups in total. The molecular formula is C24H31N9O5. The number of carboxylic acids is 1. The minimum Gasteiger partial charge on any atom is -0.480 e. The molecule has 0 aliphatic carbocycles. The maximum atomic E-state index is 12.4. The predicted octanol–water partition coefficient (Wildman–Crippen LogP) is 0.116. The van der Waals surface area contributed by atoms with Crippen molar-refractivity contribution in [1.82, 2.24) is 30.6 Å². The summed E-state index contributed by atoms with van der Waals surface area (Å²) in [6.07, 6.45) is 3.58. The van der Waals surface area contributed by atoms with E-state index >= 15 is 0 Å². The molecule has 1 unspecified atom stereocenters. The quantitative estimate of drug-likeness (QED) is 0.140. The molecule has 0 saturated heterocycles. The molecule has 0 aliphatic rings. The Kier molecular flexibility index (Phi) is 10.0. The molecule has 3 aromatic rings. The van der Waals surface area contributed by atoms with Crippen LogP contribution in [0.25, 0.3) is 11.2 Å². The Bertz CT molecular complexity index is 1330. The van der Waals surface area contributed by atoms with Gasteiger partial charge in [-0.1, -0.05) is 0 Å². The second kappa shape index (κ2) is 13.6. The van der Waals surface area contributed by atoms with Crippen LogP contribution in [0.4, 0.5) is 11.6 Å². The number of hydrogen-bond donors (Lipinski definition) is 7. The number of anilines is 2. The van der Waals surface area contributed by atoms with Crippen molar-refractivity contribution in [1.29, 1.82) is 0 Å². The number of fused-ring (bicyclic) bond motifs is 1. The maximum Gasteiger partial charge on any atom is 0.326 e. The van der Waals surface area contributed by atoms with E-state index in [0.29, 0.717) is 43.5 Å². The van der Waals surface area contributed by atoms with Gasteiger partial charge in [-0.15, -0.1) is 0 Å². The van der Waals surface area contributed by atoms with E-state index in [9.17, 15) is 24.3 Å². The molecule has 2 aromatic heterocycles. The van der Waals surface area contributed by atoms with Crippen LogP contribution in [-0.4, -0.2) is 62.0 Å². The monoisotopic (exact) mass is 525 g/mol. The van der Waals surface area contributed by atoms with E-state index in [0.717, 1.165) is 5.69 Å². The first-order valence-corrected chi connectivity index (χ1v) is 12.1. The van der Waals surface area contributed by atoms with E-state index in [4.69, 9.17) is 11.5 Å². The molecule has 3 rings (SSSR count). The van der Waals surface area contributed by atoms with Crippen molar-refractivity contribution >= 4 is 40.6 Å². The number of aliphatic carboxylic acids is 1. The lowest BCUT2D eigenvalue weighted by atomic mass is 10.1. The van der Waals surface area contributed by atoms with Gasteiger partial charge in [0.05, 0.1) is 18.4 Å². The smallest absolute Gasteiger partial charge is 0.326 e. The van der Waals surface area contributed by atoms with Crippen LogP contribution in [0.2, 0.25) is 0 Å². The predicted molar refractivity (Wildman–Crippen MR) is 140 cm³/mol. The van der Waals surface area contributed by atoms with Gasteiger partial charge in [-0.05, 0) is 56.5 Å². The van der Waals surface area contributed by atoms with Crippen LogP contribution < -0.4 is 33.0 Å². The molecular weight excluding hydrogens is 494 g/mol. The Morgan fingerprint density at radius 1 is 1.08 bits per heavy atom. The molecule has 1 aromatic carbocycles. The van der Waals surface area contributed by atoms with E-state index < -0.39 is 17.6 Å². The number of carbonyl (C=O) groups is 3. The second-order valence-electron chi connectivity index (χ2n) is 8.52. The largest absolute Gasteiger partial charge is 0.480 e. The molecule has 1 atom stereocenters. The fourth-order valence-corrected chi connectivity index (χ4v) is 3.56. The number of nitrogen functional groups attached to an aromatic ring is 1. The molecule has 0 bridgehead atoms. The Labute approximate surface area is 217 Å². The first-order chi connectivity index (χ1) is 18.3. The van der Waals surface area contributed by atoms with Crippen molar-refractivity contribution in [3.05, 3.63) is 52.1 Å². The first kappa shape index (κ1) is 28.0. The van der Waals surface area contributed by atoms with Crippen LogP contribution in [0.1, 0.15) is 48.2 Å². The van der Waals surface area contributed by atoms with Gasteiger partial charge < -0.3 is 32.5 Å². The molecule has 0 saturated carbocycles. The summed E-state index contributed by atoms with van der Waals surface area (Å²) in [5.74, 6) is -1.79. The van der Waals surface area contributed by atoms with E-state index in [2.05, 4.69) is 35.9 Å². The van der Waals surface area contributed by atoms with Gasteiger partial charge in [0, 0.05) is 24.2 Å². The normalized spacial score (nSPS) is 11.6. The van der Waals surface area contributed by atoms with Gasteiger partial charge in [0.15, 0.2) is 11.2 Å². The summed E-state index contributed by atoms with van der Waals surface area (Å²) in [5, 5.41) is 17.6. The number of unbranched alkanes of at least 4 members (excludes halogenated alkanes) is 1. The van der Waals surface area contributed by atoms with Crippen molar-refractivity contribution in [3.63, 3.8) is 0 Å². The van der Waals surface area contributed by atoms with Crippen molar-refractivity contribution in [3.8, 4) is 0 Å². The molecule has 202 valence electrons. The van der Waals surface area contributed by atoms with Crippen molar-refractivity contribution < 1.29 is 19.5 Å². The van der Waals surface area contributed by atoms with E-state index in [1.807, 2.05) is 0 Å². The molecule has 2 heterocycles. The van der Waals surface area contributed by atoms with Gasteiger partial charge in [0.1, 0.15) is 6.04 Å². The zero-order chi connectivity index (χ0) is 27.5. The van der Waals surface area contributed by atoms with Crippen LogP contribution in [0.3, 0.4) is 0 Å². The molecule has 14 heteroatoms. The number of hydrogen-bond acceptors (Lipinski definition) is 10. The molecule has 0 aliphatic heterocycles. The van der Waals surface area contributed by atoms with E-state index in [1.54, 1.807) is 24.3 Å². The molecule has 0 radical (unpaired) electrons. The van der Waals surface area contributed by atoms with Gasteiger partial charge in [0.2, 0.25) is 11.9 Å². The summed E-state index contributed by atoms with van der Waals surface area (Å²) in [7, 11) is 0. The van der Waals surface area contributed by atoms with Crippen molar-refractivity contribution in [2.24, 2.45) is 5.73 Å². The number of benzene rings is 1. The van der Waals surface area contributed by atoms with Gasteiger partial charge in [-0.3, -0.25) is 19.4 Å². The summed E-state index contributed by atoms with van der Waals surface area (Å²) in [4.78, 5) is 62.4. The number of nitrogens with one attached hydrogen (secondary N) is 4. The minimum absolute atomic E-state index is 0.0316. The van der Waals surface area contributed by atoms with Gasteiger partial charge in [0.25, 0.3) is 11.5 Å². The van der Waals surface area contributed by atoms with E-state index in [1.165, 1.54) is 6.20 Å². The molecule has 0 spiro atoms. The third kappa shape index (κ3) is 8.23. The number of aromatic amines is 1. The highest BCUT2D eigenvalue weighted by Crippen LogP contribution is 2.12. The zero-order valence-corrected chi connectivity index (χ0v) is 20.7.